The molecule has 0 rings (SSSR count). The van der Waals surface area contributed by atoms with Crippen molar-refractivity contribution in [2.24, 2.45) is 5.92 Å². The van der Waals surface area contributed by atoms with Crippen LogP contribution in [0.3, 0.4) is 0 Å². The van der Waals surface area contributed by atoms with Gasteiger partial charge >= 0.3 is 0 Å². The van der Waals surface area contributed by atoms with Gasteiger partial charge in [0.25, 0.3) is 0 Å². The molecule has 0 amide bonds. The van der Waals surface area contributed by atoms with Crippen molar-refractivity contribution >= 4 is 0 Å². The molecule has 0 atom stereocenters. The third kappa shape index (κ3) is 21.7. The van der Waals surface area contributed by atoms with Crippen molar-refractivity contribution in [1.29, 1.82) is 0 Å². The van der Waals surface area contributed by atoms with E-state index in [0.29, 0.717) is 19.8 Å². The van der Waals surface area contributed by atoms with Gasteiger partial charge in [0, 0.05) is 13.2 Å². The van der Waals surface area contributed by atoms with E-state index in [-0.39, 0.29) is 5.92 Å². The minimum absolute atomic E-state index is 0.237. The fourth-order valence-corrected chi connectivity index (χ4v) is 3.46. The highest BCUT2D eigenvalue weighted by atomic mass is 16.5. The third-order valence-electron chi connectivity index (χ3n) is 5.34. The second-order valence-electron chi connectivity index (χ2n) is 8.31. The van der Waals surface area contributed by atoms with E-state index >= 15 is 0 Å². The quantitative estimate of drug-likeness (QED) is 0.130. The topological polar surface area (TPSA) is 22.8 Å². The molecule has 0 fully saturated rings. The molecular weight excluding hydrogens is 346 g/mol. The van der Waals surface area contributed by atoms with E-state index in [0.717, 1.165) is 26.1 Å². The molecule has 0 aliphatic carbocycles. The first-order valence-corrected chi connectivity index (χ1v) is 12.3. The fraction of sp³-hybridized carbons (Fsp3) is 0.960. The Balaban J connectivity index is 3.42. The van der Waals surface area contributed by atoms with E-state index in [1.54, 1.807) is 0 Å². The van der Waals surface area contributed by atoms with Crippen LogP contribution in [0, 0.1) is 12.5 Å². The molecule has 0 saturated heterocycles. The Labute approximate surface area is 176 Å². The lowest BCUT2D eigenvalue weighted by Crippen LogP contribution is -2.19. The molecule has 0 aliphatic rings. The van der Waals surface area contributed by atoms with Crippen LogP contribution >= 0.6 is 0 Å². The minimum Gasteiger partial charge on any atom is -0.381 e. The van der Waals surface area contributed by atoms with Crippen LogP contribution in [0.2, 0.25) is 0 Å². The van der Waals surface area contributed by atoms with E-state index in [1.807, 2.05) is 0 Å². The van der Waals surface area contributed by atoms with Gasteiger partial charge in [-0.1, -0.05) is 104 Å². The van der Waals surface area contributed by atoms with Gasteiger partial charge < -0.3 is 14.3 Å². The van der Waals surface area contributed by atoms with E-state index in [1.165, 1.54) is 89.9 Å². The first-order chi connectivity index (χ1) is 13.8. The molecule has 0 saturated carbocycles. The monoisotopic (exact) mass is 395 g/mol. The molecule has 0 unspecified atom stereocenters. The summed E-state index contributed by atoms with van der Waals surface area (Å²) in [5.74, 6) is 0.237. The van der Waals surface area contributed by atoms with Crippen LogP contribution in [0.25, 0.3) is 4.85 Å². The molecule has 28 heavy (non-hydrogen) atoms. The Morgan fingerprint density at radius 3 is 1.29 bits per heavy atom. The summed E-state index contributed by atoms with van der Waals surface area (Å²) in [4.78, 5) is 3.55. The van der Waals surface area contributed by atoms with Crippen molar-refractivity contribution in [1.82, 2.24) is 0 Å². The van der Waals surface area contributed by atoms with Gasteiger partial charge in [0.2, 0.25) is 6.54 Å². The Bertz CT molecular complexity index is 303. The number of hydrogen-bond donors (Lipinski definition) is 0. The zero-order valence-electron chi connectivity index (χ0n) is 19.2. The van der Waals surface area contributed by atoms with Gasteiger partial charge in [0.15, 0.2) is 0 Å². The smallest absolute Gasteiger partial charge is 0.221 e. The highest BCUT2D eigenvalue weighted by Gasteiger charge is 2.12. The van der Waals surface area contributed by atoms with Gasteiger partial charge in [-0.2, -0.15) is 0 Å². The second kappa shape index (κ2) is 24.4. The first-order valence-electron chi connectivity index (χ1n) is 12.3. The van der Waals surface area contributed by atoms with Crippen LogP contribution in [0.5, 0.6) is 0 Å². The summed E-state index contributed by atoms with van der Waals surface area (Å²) in [6.07, 6.45) is 21.2. The van der Waals surface area contributed by atoms with Crippen LogP contribution < -0.4 is 0 Å². The van der Waals surface area contributed by atoms with Crippen LogP contribution in [0.15, 0.2) is 0 Å². The summed E-state index contributed by atoms with van der Waals surface area (Å²) < 4.78 is 11.6. The summed E-state index contributed by atoms with van der Waals surface area (Å²) in [6.45, 7) is 15.2. The molecular formula is C25H49NO2. The Morgan fingerprint density at radius 1 is 0.571 bits per heavy atom. The van der Waals surface area contributed by atoms with Crippen LogP contribution in [0.4, 0.5) is 0 Å². The lowest BCUT2D eigenvalue weighted by Gasteiger charge is -2.13. The third-order valence-corrected chi connectivity index (χ3v) is 5.34. The molecule has 0 aromatic carbocycles. The summed E-state index contributed by atoms with van der Waals surface area (Å²) >= 11 is 0. The summed E-state index contributed by atoms with van der Waals surface area (Å²) in [5, 5.41) is 0. The summed E-state index contributed by atoms with van der Waals surface area (Å²) in [6, 6.07) is 0. The Morgan fingerprint density at radius 2 is 0.929 bits per heavy atom. The fourth-order valence-electron chi connectivity index (χ4n) is 3.46. The van der Waals surface area contributed by atoms with Crippen molar-refractivity contribution in [2.75, 3.05) is 33.0 Å². The number of unbranched alkanes of at least 4 members (excludes halogenated alkanes) is 14. The van der Waals surface area contributed by atoms with Gasteiger partial charge in [-0.05, 0) is 12.8 Å². The van der Waals surface area contributed by atoms with E-state index < -0.39 is 0 Å². The minimum atomic E-state index is 0.237. The normalized spacial score (nSPS) is 11.2. The van der Waals surface area contributed by atoms with Gasteiger partial charge in [0.05, 0.1) is 19.1 Å². The zero-order chi connectivity index (χ0) is 20.5. The summed E-state index contributed by atoms with van der Waals surface area (Å²) in [5.41, 5.74) is 0. The number of rotatable bonds is 23. The molecule has 0 N–H and O–H groups in total. The largest absolute Gasteiger partial charge is 0.381 e. The molecule has 3 nitrogen and oxygen atoms in total. The molecule has 3 heteroatoms. The molecule has 0 aliphatic heterocycles. The predicted octanol–water partition coefficient (Wildman–Crippen LogP) is 7.84. The molecule has 0 aromatic rings. The van der Waals surface area contributed by atoms with E-state index in [2.05, 4.69) is 18.7 Å². The predicted molar refractivity (Wildman–Crippen MR) is 122 cm³/mol. The molecule has 0 bridgehead atoms. The van der Waals surface area contributed by atoms with Crippen molar-refractivity contribution in [3.05, 3.63) is 11.4 Å². The molecule has 0 aromatic heterocycles. The van der Waals surface area contributed by atoms with E-state index in [9.17, 15) is 0 Å². The average Bonchev–Trinajstić information content (AvgIpc) is 2.70. The van der Waals surface area contributed by atoms with E-state index in [4.69, 9.17) is 16.0 Å². The number of nitrogens with zero attached hydrogens (tertiary/aromatic N) is 1. The summed E-state index contributed by atoms with van der Waals surface area (Å²) in [7, 11) is 0. The van der Waals surface area contributed by atoms with Crippen molar-refractivity contribution < 1.29 is 9.47 Å². The van der Waals surface area contributed by atoms with Gasteiger partial charge in [-0.25, -0.2) is 6.57 Å². The molecule has 166 valence electrons. The van der Waals surface area contributed by atoms with Crippen molar-refractivity contribution in [2.45, 2.75) is 117 Å². The number of ether oxygens (including phenoxy) is 2. The lowest BCUT2D eigenvalue weighted by atomic mass is 10.1. The molecule has 0 heterocycles. The van der Waals surface area contributed by atoms with Gasteiger partial charge in [-0.15, -0.1) is 0 Å². The maximum atomic E-state index is 7.13. The highest BCUT2D eigenvalue weighted by Crippen LogP contribution is 2.10. The van der Waals surface area contributed by atoms with Crippen molar-refractivity contribution in [3.8, 4) is 0 Å². The van der Waals surface area contributed by atoms with Crippen molar-refractivity contribution in [3.63, 3.8) is 0 Å². The highest BCUT2D eigenvalue weighted by molar-refractivity contribution is 4.69. The molecule has 0 radical (unpaired) electrons. The second-order valence-corrected chi connectivity index (χ2v) is 8.31. The van der Waals surface area contributed by atoms with Gasteiger partial charge in [0.1, 0.15) is 0 Å². The van der Waals surface area contributed by atoms with Crippen LogP contribution in [0.1, 0.15) is 117 Å². The maximum Gasteiger partial charge on any atom is 0.221 e. The SMILES string of the molecule is [C-]#[N+]CC(COCCCCCCCCCC)COCCCCCCCCCC. The standard InChI is InChI=1S/C25H49NO2/c1-4-6-8-10-12-14-16-18-20-27-23-25(22-26-3)24-28-21-19-17-15-13-11-9-7-5-2/h25H,4-24H2,1-2H3. The Kier molecular flexibility index (Phi) is 23.9. The lowest BCUT2D eigenvalue weighted by molar-refractivity contribution is 0.0423. The first kappa shape index (κ1) is 27.4. The number of hydrogen-bond acceptors (Lipinski definition) is 2. The molecule has 0 spiro atoms. The van der Waals surface area contributed by atoms with Gasteiger partial charge in [-0.3, -0.25) is 0 Å². The van der Waals surface area contributed by atoms with Crippen LogP contribution in [-0.2, 0) is 9.47 Å². The average molecular weight is 396 g/mol. The maximum absolute atomic E-state index is 7.13. The zero-order valence-corrected chi connectivity index (χ0v) is 19.2. The Hall–Kier alpha value is -0.590. The van der Waals surface area contributed by atoms with Crippen LogP contribution in [-0.4, -0.2) is 33.0 Å².